The van der Waals surface area contributed by atoms with E-state index in [9.17, 15) is 4.79 Å². The van der Waals surface area contributed by atoms with E-state index in [-0.39, 0.29) is 5.78 Å². The van der Waals surface area contributed by atoms with Crippen molar-refractivity contribution in [2.45, 2.75) is 13.8 Å². The highest BCUT2D eigenvalue weighted by Gasteiger charge is 2.00. The smallest absolute Gasteiger partial charge is 0.178 e. The van der Waals surface area contributed by atoms with Crippen molar-refractivity contribution < 1.29 is 14.3 Å². The molecule has 0 bridgehead atoms. The van der Waals surface area contributed by atoms with Gasteiger partial charge in [0.25, 0.3) is 0 Å². The fourth-order valence-corrected chi connectivity index (χ4v) is 1.04. The third-order valence-electron chi connectivity index (χ3n) is 1.80. The molecule has 0 atom stereocenters. The highest BCUT2D eigenvalue weighted by Crippen LogP contribution is 2.09. The molecule has 0 aliphatic carbocycles. The van der Waals surface area contributed by atoms with Crippen LogP contribution in [0.1, 0.15) is 24.3 Å². The van der Waals surface area contributed by atoms with E-state index in [0.29, 0.717) is 31.3 Å². The molecule has 4 nitrogen and oxygen atoms in total. The summed E-state index contributed by atoms with van der Waals surface area (Å²) in [6.45, 7) is 5.16. The number of nitrogens with zero attached hydrogens (tertiary/aromatic N) is 1. The zero-order chi connectivity index (χ0) is 11.1. The molecule has 15 heavy (non-hydrogen) atoms. The number of rotatable bonds is 6. The maximum absolute atomic E-state index is 10.9. The van der Waals surface area contributed by atoms with Gasteiger partial charge in [-0.2, -0.15) is 0 Å². The number of aromatic nitrogens is 1. The van der Waals surface area contributed by atoms with Gasteiger partial charge in [0.1, 0.15) is 18.1 Å². The van der Waals surface area contributed by atoms with Gasteiger partial charge >= 0.3 is 0 Å². The van der Waals surface area contributed by atoms with Gasteiger partial charge in [-0.15, -0.1) is 0 Å². The second kappa shape index (κ2) is 6.14. The Morgan fingerprint density at radius 2 is 2.20 bits per heavy atom. The Labute approximate surface area is 89.2 Å². The fourth-order valence-electron chi connectivity index (χ4n) is 1.04. The van der Waals surface area contributed by atoms with Gasteiger partial charge in [0, 0.05) is 13.5 Å². The van der Waals surface area contributed by atoms with Gasteiger partial charge in [0.05, 0.1) is 12.8 Å². The molecule has 0 unspecified atom stereocenters. The molecule has 0 amide bonds. The van der Waals surface area contributed by atoms with E-state index in [1.54, 1.807) is 18.3 Å². The summed E-state index contributed by atoms with van der Waals surface area (Å²) in [6.07, 6.45) is 1.54. The molecule has 1 heterocycles. The first kappa shape index (κ1) is 11.7. The van der Waals surface area contributed by atoms with Crippen molar-refractivity contribution in [3.05, 3.63) is 24.0 Å². The molecule has 1 aromatic rings. The van der Waals surface area contributed by atoms with Gasteiger partial charge in [-0.3, -0.25) is 4.79 Å². The van der Waals surface area contributed by atoms with Crippen LogP contribution in [0.3, 0.4) is 0 Å². The zero-order valence-electron chi connectivity index (χ0n) is 9.03. The maximum Gasteiger partial charge on any atom is 0.178 e. The second-order valence-corrected chi connectivity index (χ2v) is 2.98. The Morgan fingerprint density at radius 3 is 2.73 bits per heavy atom. The summed E-state index contributed by atoms with van der Waals surface area (Å²) in [5.41, 5.74) is 0.451. The van der Waals surface area contributed by atoms with E-state index in [0.717, 1.165) is 0 Å². The molecular formula is C11H15NO3. The predicted octanol–water partition coefficient (Wildman–Crippen LogP) is 1.70. The molecule has 1 rings (SSSR count). The number of hydrogen-bond acceptors (Lipinski definition) is 4. The highest BCUT2D eigenvalue weighted by atomic mass is 16.5. The lowest BCUT2D eigenvalue weighted by atomic mass is 10.3. The minimum atomic E-state index is -0.0455. The van der Waals surface area contributed by atoms with Gasteiger partial charge in [0.15, 0.2) is 5.78 Å². The van der Waals surface area contributed by atoms with Crippen molar-refractivity contribution in [2.75, 3.05) is 19.8 Å². The van der Waals surface area contributed by atoms with Crippen LogP contribution in [0.5, 0.6) is 5.75 Å². The minimum absolute atomic E-state index is 0.0455. The van der Waals surface area contributed by atoms with Crippen molar-refractivity contribution in [3.8, 4) is 5.75 Å². The van der Waals surface area contributed by atoms with Gasteiger partial charge in [-0.25, -0.2) is 4.98 Å². The first-order chi connectivity index (χ1) is 7.24. The van der Waals surface area contributed by atoms with Crippen molar-refractivity contribution >= 4 is 5.78 Å². The van der Waals surface area contributed by atoms with Crippen LogP contribution in [-0.2, 0) is 4.74 Å². The Morgan fingerprint density at radius 1 is 1.40 bits per heavy atom. The number of ketones is 1. The quantitative estimate of drug-likeness (QED) is 0.528. The van der Waals surface area contributed by atoms with Crippen LogP contribution < -0.4 is 4.74 Å². The van der Waals surface area contributed by atoms with Crippen LogP contribution >= 0.6 is 0 Å². The lowest BCUT2D eigenvalue weighted by molar-refractivity contribution is 0.101. The Hall–Kier alpha value is -1.42. The molecule has 0 saturated heterocycles. The van der Waals surface area contributed by atoms with Gasteiger partial charge in [-0.1, -0.05) is 0 Å². The van der Waals surface area contributed by atoms with Gasteiger partial charge in [-0.05, 0) is 19.1 Å². The highest BCUT2D eigenvalue weighted by molar-refractivity contribution is 5.92. The average molecular weight is 209 g/mol. The molecule has 0 aliphatic rings. The molecule has 0 fully saturated rings. The van der Waals surface area contributed by atoms with E-state index >= 15 is 0 Å². The summed E-state index contributed by atoms with van der Waals surface area (Å²) < 4.78 is 10.5. The van der Waals surface area contributed by atoms with Crippen molar-refractivity contribution in [2.24, 2.45) is 0 Å². The summed E-state index contributed by atoms with van der Waals surface area (Å²) in [5, 5.41) is 0. The van der Waals surface area contributed by atoms with E-state index in [1.807, 2.05) is 6.92 Å². The van der Waals surface area contributed by atoms with Crippen LogP contribution in [0.4, 0.5) is 0 Å². The molecule has 0 radical (unpaired) electrons. The van der Waals surface area contributed by atoms with Crippen molar-refractivity contribution in [3.63, 3.8) is 0 Å². The van der Waals surface area contributed by atoms with Crippen LogP contribution in [0, 0.1) is 0 Å². The fraction of sp³-hybridized carbons (Fsp3) is 0.455. The molecule has 0 saturated carbocycles. The monoisotopic (exact) mass is 209 g/mol. The predicted molar refractivity (Wildman–Crippen MR) is 56.2 cm³/mol. The first-order valence-corrected chi connectivity index (χ1v) is 4.91. The molecule has 82 valence electrons. The summed E-state index contributed by atoms with van der Waals surface area (Å²) in [5.74, 6) is 0.607. The van der Waals surface area contributed by atoms with Crippen molar-refractivity contribution in [1.29, 1.82) is 0 Å². The molecule has 1 aromatic heterocycles. The standard InChI is InChI=1S/C11H15NO3/c1-3-14-6-7-15-10-4-5-11(9(2)13)12-8-10/h4-5,8H,3,6-7H2,1-2H3. The minimum Gasteiger partial charge on any atom is -0.490 e. The Kier molecular flexibility index (Phi) is 4.77. The number of pyridine rings is 1. The zero-order valence-corrected chi connectivity index (χ0v) is 9.03. The summed E-state index contributed by atoms with van der Waals surface area (Å²) in [6, 6.07) is 3.38. The van der Waals surface area contributed by atoms with Gasteiger partial charge in [0.2, 0.25) is 0 Å². The van der Waals surface area contributed by atoms with Gasteiger partial charge < -0.3 is 9.47 Å². The van der Waals surface area contributed by atoms with Crippen LogP contribution in [0.25, 0.3) is 0 Å². The molecule has 0 N–H and O–H groups in total. The Balaban J connectivity index is 2.39. The van der Waals surface area contributed by atoms with E-state index < -0.39 is 0 Å². The topological polar surface area (TPSA) is 48.4 Å². The van der Waals surface area contributed by atoms with Crippen LogP contribution in [0.15, 0.2) is 18.3 Å². The molecular weight excluding hydrogens is 194 g/mol. The molecule has 4 heteroatoms. The lowest BCUT2D eigenvalue weighted by Gasteiger charge is -2.05. The summed E-state index contributed by atoms with van der Waals surface area (Å²) in [4.78, 5) is 14.9. The largest absolute Gasteiger partial charge is 0.490 e. The van der Waals surface area contributed by atoms with E-state index in [1.165, 1.54) is 6.92 Å². The average Bonchev–Trinajstić information content (AvgIpc) is 2.25. The van der Waals surface area contributed by atoms with E-state index in [2.05, 4.69) is 4.98 Å². The van der Waals surface area contributed by atoms with Crippen LogP contribution in [-0.4, -0.2) is 30.6 Å². The molecule has 0 spiro atoms. The number of carbonyl (C=O) groups excluding carboxylic acids is 1. The number of carbonyl (C=O) groups is 1. The molecule has 0 aromatic carbocycles. The number of hydrogen-bond donors (Lipinski definition) is 0. The lowest BCUT2D eigenvalue weighted by Crippen LogP contribution is -2.06. The van der Waals surface area contributed by atoms with Crippen LogP contribution in [0.2, 0.25) is 0 Å². The SMILES string of the molecule is CCOCCOc1ccc(C(C)=O)nc1. The van der Waals surface area contributed by atoms with E-state index in [4.69, 9.17) is 9.47 Å². The molecule has 0 aliphatic heterocycles. The number of Topliss-reactive ketones (excluding diaryl/α,β-unsaturated/α-hetero) is 1. The normalized spacial score (nSPS) is 10.0. The summed E-state index contributed by atoms with van der Waals surface area (Å²) in [7, 11) is 0. The Bertz CT molecular complexity index is 308. The number of ether oxygens (including phenoxy) is 2. The first-order valence-electron chi connectivity index (χ1n) is 4.91. The van der Waals surface area contributed by atoms with Crippen molar-refractivity contribution in [1.82, 2.24) is 4.98 Å². The third-order valence-corrected chi connectivity index (χ3v) is 1.80. The second-order valence-electron chi connectivity index (χ2n) is 2.98. The summed E-state index contributed by atoms with van der Waals surface area (Å²) >= 11 is 0. The third kappa shape index (κ3) is 4.08. The maximum atomic E-state index is 10.9.